The SMILES string of the molecule is COCCN[C@@H](C(=O)Nc1ccc(C)cc1[N+](=O)[O-])c1ccccc1. The predicted octanol–water partition coefficient (Wildman–Crippen LogP) is 2.82. The van der Waals surface area contributed by atoms with E-state index in [2.05, 4.69) is 10.6 Å². The molecule has 2 rings (SSSR count). The molecule has 0 heterocycles. The number of aryl methyl sites for hydroxylation is 1. The lowest BCUT2D eigenvalue weighted by Crippen LogP contribution is -2.35. The summed E-state index contributed by atoms with van der Waals surface area (Å²) in [5, 5.41) is 17.0. The van der Waals surface area contributed by atoms with Gasteiger partial charge in [-0.3, -0.25) is 20.2 Å². The molecule has 2 aromatic carbocycles. The first-order valence-electron chi connectivity index (χ1n) is 7.86. The van der Waals surface area contributed by atoms with Crippen molar-refractivity contribution in [3.05, 3.63) is 69.8 Å². The fourth-order valence-electron chi connectivity index (χ4n) is 2.42. The summed E-state index contributed by atoms with van der Waals surface area (Å²) in [7, 11) is 1.58. The molecule has 0 saturated heterocycles. The number of nitrogens with zero attached hydrogens (tertiary/aromatic N) is 1. The van der Waals surface area contributed by atoms with Crippen molar-refractivity contribution in [2.24, 2.45) is 0 Å². The minimum atomic E-state index is -0.641. The van der Waals surface area contributed by atoms with E-state index in [4.69, 9.17) is 4.74 Å². The van der Waals surface area contributed by atoms with Gasteiger partial charge in [-0.15, -0.1) is 0 Å². The predicted molar refractivity (Wildman–Crippen MR) is 95.5 cm³/mol. The molecule has 25 heavy (non-hydrogen) atoms. The van der Waals surface area contributed by atoms with Gasteiger partial charge in [0, 0.05) is 19.7 Å². The molecule has 2 N–H and O–H groups in total. The Morgan fingerprint density at radius 3 is 2.60 bits per heavy atom. The van der Waals surface area contributed by atoms with Gasteiger partial charge >= 0.3 is 0 Å². The maximum atomic E-state index is 12.7. The van der Waals surface area contributed by atoms with Gasteiger partial charge in [0.25, 0.3) is 5.69 Å². The number of nitro benzene ring substituents is 1. The Bertz CT molecular complexity index is 734. The summed E-state index contributed by atoms with van der Waals surface area (Å²) in [5.74, 6) is -0.366. The van der Waals surface area contributed by atoms with Crippen molar-refractivity contribution in [1.29, 1.82) is 0 Å². The van der Waals surface area contributed by atoms with Gasteiger partial charge in [-0.1, -0.05) is 36.4 Å². The molecule has 1 amide bonds. The van der Waals surface area contributed by atoms with E-state index in [0.29, 0.717) is 13.2 Å². The molecule has 132 valence electrons. The number of nitrogens with one attached hydrogen (secondary N) is 2. The molecule has 0 unspecified atom stereocenters. The molecule has 2 aromatic rings. The van der Waals surface area contributed by atoms with Crippen LogP contribution in [0.25, 0.3) is 0 Å². The lowest BCUT2D eigenvalue weighted by atomic mass is 10.1. The summed E-state index contributed by atoms with van der Waals surface area (Å²) in [6, 6.07) is 13.2. The Morgan fingerprint density at radius 2 is 1.96 bits per heavy atom. The van der Waals surface area contributed by atoms with E-state index in [9.17, 15) is 14.9 Å². The second-order valence-corrected chi connectivity index (χ2v) is 5.56. The zero-order chi connectivity index (χ0) is 18.2. The van der Waals surface area contributed by atoms with Crippen molar-refractivity contribution in [2.45, 2.75) is 13.0 Å². The number of amides is 1. The van der Waals surface area contributed by atoms with Crippen molar-refractivity contribution in [3.63, 3.8) is 0 Å². The van der Waals surface area contributed by atoms with E-state index >= 15 is 0 Å². The standard InChI is InChI=1S/C18H21N3O4/c1-13-8-9-15(16(12-13)21(23)24)20-18(22)17(19-10-11-25-2)14-6-4-3-5-7-14/h3-9,12,17,19H,10-11H2,1-2H3,(H,20,22)/t17-/m1/s1. The monoisotopic (exact) mass is 343 g/mol. The Morgan fingerprint density at radius 1 is 1.24 bits per heavy atom. The van der Waals surface area contributed by atoms with Crippen molar-refractivity contribution >= 4 is 17.3 Å². The van der Waals surface area contributed by atoms with Crippen LogP contribution in [0.2, 0.25) is 0 Å². The van der Waals surface area contributed by atoms with Crippen LogP contribution >= 0.6 is 0 Å². The quantitative estimate of drug-likeness (QED) is 0.437. The maximum Gasteiger partial charge on any atom is 0.293 e. The van der Waals surface area contributed by atoms with Crippen molar-refractivity contribution in [2.75, 3.05) is 25.6 Å². The van der Waals surface area contributed by atoms with Crippen molar-refractivity contribution in [1.82, 2.24) is 5.32 Å². The molecular formula is C18H21N3O4. The Hall–Kier alpha value is -2.77. The van der Waals surface area contributed by atoms with E-state index in [1.807, 2.05) is 30.3 Å². The van der Waals surface area contributed by atoms with E-state index < -0.39 is 11.0 Å². The molecule has 0 aromatic heterocycles. The topological polar surface area (TPSA) is 93.5 Å². The van der Waals surface area contributed by atoms with E-state index in [1.165, 1.54) is 6.07 Å². The van der Waals surface area contributed by atoms with Gasteiger partial charge < -0.3 is 10.1 Å². The minimum Gasteiger partial charge on any atom is -0.383 e. The van der Waals surface area contributed by atoms with Gasteiger partial charge in [0.05, 0.1) is 11.5 Å². The van der Waals surface area contributed by atoms with Crippen LogP contribution in [0.3, 0.4) is 0 Å². The molecule has 0 saturated carbocycles. The van der Waals surface area contributed by atoms with Crippen LogP contribution in [0.5, 0.6) is 0 Å². The normalized spacial score (nSPS) is 11.8. The van der Waals surface area contributed by atoms with E-state index in [1.54, 1.807) is 26.2 Å². The maximum absolute atomic E-state index is 12.7. The summed E-state index contributed by atoms with van der Waals surface area (Å²) < 4.78 is 5.01. The highest BCUT2D eigenvalue weighted by atomic mass is 16.6. The second-order valence-electron chi connectivity index (χ2n) is 5.56. The summed E-state index contributed by atoms with van der Waals surface area (Å²) >= 11 is 0. The van der Waals surface area contributed by atoms with Gasteiger partial charge in [-0.25, -0.2) is 0 Å². The number of benzene rings is 2. The highest BCUT2D eigenvalue weighted by Gasteiger charge is 2.23. The fourth-order valence-corrected chi connectivity index (χ4v) is 2.42. The smallest absolute Gasteiger partial charge is 0.293 e. The van der Waals surface area contributed by atoms with Crippen molar-refractivity contribution < 1.29 is 14.5 Å². The molecule has 1 atom stereocenters. The number of carbonyl (C=O) groups excluding carboxylic acids is 1. The van der Waals surface area contributed by atoms with Gasteiger partial charge in [-0.2, -0.15) is 0 Å². The fraction of sp³-hybridized carbons (Fsp3) is 0.278. The lowest BCUT2D eigenvalue weighted by molar-refractivity contribution is -0.384. The first kappa shape index (κ1) is 18.6. The molecule has 0 aliphatic carbocycles. The third kappa shape index (κ3) is 5.10. The van der Waals surface area contributed by atoms with Gasteiger partial charge in [-0.05, 0) is 24.1 Å². The zero-order valence-electron chi connectivity index (χ0n) is 14.2. The van der Waals surface area contributed by atoms with E-state index in [0.717, 1.165) is 11.1 Å². The Kier molecular flexibility index (Phi) is 6.62. The van der Waals surface area contributed by atoms with Crippen LogP contribution in [0.1, 0.15) is 17.2 Å². The average molecular weight is 343 g/mol. The van der Waals surface area contributed by atoms with Gasteiger partial charge in [0.15, 0.2) is 0 Å². The number of carbonyl (C=O) groups is 1. The number of rotatable bonds is 8. The number of nitro groups is 1. The summed E-state index contributed by atoms with van der Waals surface area (Å²) in [4.78, 5) is 23.5. The molecule has 0 aliphatic rings. The molecule has 0 bridgehead atoms. The number of hydrogen-bond acceptors (Lipinski definition) is 5. The summed E-state index contributed by atoms with van der Waals surface area (Å²) in [5.41, 5.74) is 1.57. The number of ether oxygens (including phenoxy) is 1. The van der Waals surface area contributed by atoms with Crippen LogP contribution < -0.4 is 10.6 Å². The molecule has 7 heteroatoms. The minimum absolute atomic E-state index is 0.128. The largest absolute Gasteiger partial charge is 0.383 e. The third-order valence-corrected chi connectivity index (χ3v) is 3.66. The second kappa shape index (κ2) is 8.91. The highest BCUT2D eigenvalue weighted by molar-refractivity contribution is 5.97. The molecule has 7 nitrogen and oxygen atoms in total. The summed E-state index contributed by atoms with van der Waals surface area (Å²) in [6.45, 7) is 2.68. The molecule has 0 aliphatic heterocycles. The Balaban J connectivity index is 2.24. The zero-order valence-corrected chi connectivity index (χ0v) is 14.2. The van der Waals surface area contributed by atoms with E-state index in [-0.39, 0.29) is 17.3 Å². The molecule has 0 spiro atoms. The number of methoxy groups -OCH3 is 1. The number of hydrogen-bond donors (Lipinski definition) is 2. The Labute approximate surface area is 146 Å². The van der Waals surface area contributed by atoms with Gasteiger partial charge in [0.1, 0.15) is 11.7 Å². The first-order chi connectivity index (χ1) is 12.0. The van der Waals surface area contributed by atoms with Crippen LogP contribution in [0.15, 0.2) is 48.5 Å². The van der Waals surface area contributed by atoms with Crippen molar-refractivity contribution in [3.8, 4) is 0 Å². The van der Waals surface area contributed by atoms with Crippen LogP contribution in [-0.4, -0.2) is 31.1 Å². The highest BCUT2D eigenvalue weighted by Crippen LogP contribution is 2.26. The van der Waals surface area contributed by atoms with Gasteiger partial charge in [0.2, 0.25) is 5.91 Å². The lowest BCUT2D eigenvalue weighted by Gasteiger charge is -2.19. The molecule has 0 fully saturated rings. The summed E-state index contributed by atoms with van der Waals surface area (Å²) in [6.07, 6.45) is 0. The van der Waals surface area contributed by atoms with Crippen LogP contribution in [0, 0.1) is 17.0 Å². The molecular weight excluding hydrogens is 322 g/mol. The van der Waals surface area contributed by atoms with Crippen LogP contribution in [0.4, 0.5) is 11.4 Å². The van der Waals surface area contributed by atoms with Crippen LogP contribution in [-0.2, 0) is 9.53 Å². The first-order valence-corrected chi connectivity index (χ1v) is 7.86. The molecule has 0 radical (unpaired) electrons. The number of anilines is 1. The average Bonchev–Trinajstić information content (AvgIpc) is 2.60. The third-order valence-electron chi connectivity index (χ3n) is 3.66.